The fraction of sp³-hybridized carbons (Fsp3) is 0.400. The molecule has 0 amide bonds. The monoisotopic (exact) mass is 421 g/mol. The Bertz CT molecular complexity index is 1150. The Hall–Kier alpha value is -2.70. The number of piperidine rings is 3. The smallest absolute Gasteiger partial charge is 0.255 e. The van der Waals surface area contributed by atoms with Gasteiger partial charge in [-0.05, 0) is 61.5 Å². The first-order valence-corrected chi connectivity index (χ1v) is 11.0. The van der Waals surface area contributed by atoms with E-state index in [-0.39, 0.29) is 17.9 Å². The number of nitrogens with zero attached hydrogens (tertiary/aromatic N) is 2. The lowest BCUT2D eigenvalue weighted by Gasteiger charge is -2.45. The number of ether oxygens (including phenoxy) is 1. The molecule has 6 rings (SSSR count). The number of hydrogen-bond donors (Lipinski definition) is 1. The second-order valence-electron chi connectivity index (χ2n) is 8.70. The number of fused-ring (bicyclic) bond motifs is 4. The van der Waals surface area contributed by atoms with Crippen molar-refractivity contribution in [3.63, 3.8) is 0 Å². The van der Waals surface area contributed by atoms with Gasteiger partial charge in [0, 0.05) is 36.3 Å². The topological polar surface area (TPSA) is 46.5 Å². The molecule has 4 heterocycles. The van der Waals surface area contributed by atoms with Crippen molar-refractivity contribution in [3.05, 3.63) is 75.8 Å². The van der Waals surface area contributed by atoms with Gasteiger partial charge in [-0.2, -0.15) is 0 Å². The van der Waals surface area contributed by atoms with E-state index in [1.165, 1.54) is 32.0 Å². The van der Waals surface area contributed by atoms with Crippen LogP contribution < -0.4 is 15.6 Å². The van der Waals surface area contributed by atoms with Crippen LogP contribution in [0.2, 0.25) is 0 Å². The molecule has 0 aliphatic carbocycles. The molecule has 3 fully saturated rings. The van der Waals surface area contributed by atoms with Crippen molar-refractivity contribution in [2.45, 2.75) is 32.0 Å². The van der Waals surface area contributed by atoms with Crippen molar-refractivity contribution in [2.75, 3.05) is 26.7 Å². The number of methoxy groups -OCH3 is 1. The summed E-state index contributed by atoms with van der Waals surface area (Å²) in [6.07, 6.45) is 2.46. The Morgan fingerprint density at radius 1 is 1.10 bits per heavy atom. The van der Waals surface area contributed by atoms with Crippen molar-refractivity contribution in [3.8, 4) is 5.75 Å². The molecule has 1 aromatic heterocycles. The Labute approximate surface area is 181 Å². The molecule has 3 saturated heterocycles. The van der Waals surface area contributed by atoms with Gasteiger partial charge in [-0.3, -0.25) is 4.79 Å². The van der Waals surface area contributed by atoms with E-state index in [0.717, 1.165) is 17.4 Å². The van der Waals surface area contributed by atoms with Crippen molar-refractivity contribution >= 4 is 10.9 Å². The first-order valence-electron chi connectivity index (χ1n) is 11.0. The van der Waals surface area contributed by atoms with E-state index in [1.54, 1.807) is 29.9 Å². The van der Waals surface area contributed by atoms with Crippen molar-refractivity contribution in [1.82, 2.24) is 14.8 Å². The van der Waals surface area contributed by atoms with Gasteiger partial charge in [-0.1, -0.05) is 18.2 Å². The fourth-order valence-electron chi connectivity index (χ4n) is 5.06. The van der Waals surface area contributed by atoms with Crippen LogP contribution in [-0.2, 0) is 13.1 Å². The third kappa shape index (κ3) is 3.98. The van der Waals surface area contributed by atoms with E-state index in [0.29, 0.717) is 35.4 Å². The first kappa shape index (κ1) is 20.2. The van der Waals surface area contributed by atoms with Crippen LogP contribution in [0.15, 0.2) is 53.3 Å². The summed E-state index contributed by atoms with van der Waals surface area (Å²) < 4.78 is 21.4. The summed E-state index contributed by atoms with van der Waals surface area (Å²) in [4.78, 5) is 16.0. The summed E-state index contributed by atoms with van der Waals surface area (Å²) >= 11 is 0. The second kappa shape index (κ2) is 8.44. The van der Waals surface area contributed by atoms with E-state index in [2.05, 4.69) is 10.2 Å². The van der Waals surface area contributed by atoms with E-state index in [4.69, 9.17) is 4.74 Å². The molecule has 2 bridgehead atoms. The molecule has 3 aromatic rings. The van der Waals surface area contributed by atoms with Crippen LogP contribution in [0.5, 0.6) is 5.75 Å². The van der Waals surface area contributed by atoms with Crippen molar-refractivity contribution < 1.29 is 9.13 Å². The first-order chi connectivity index (χ1) is 15.1. The molecular weight excluding hydrogens is 393 g/mol. The molecule has 0 radical (unpaired) electrons. The highest BCUT2D eigenvalue weighted by Crippen LogP contribution is 2.28. The summed E-state index contributed by atoms with van der Waals surface area (Å²) in [5.41, 5.74) is 1.87. The molecular formula is C25H28FN3O2. The Morgan fingerprint density at radius 3 is 2.61 bits per heavy atom. The highest BCUT2D eigenvalue weighted by atomic mass is 19.1. The molecule has 6 heteroatoms. The number of nitrogens with one attached hydrogen (secondary N) is 1. The second-order valence-corrected chi connectivity index (χ2v) is 8.70. The minimum atomic E-state index is -0.304. The molecule has 1 atom stereocenters. The number of pyridine rings is 1. The van der Waals surface area contributed by atoms with Crippen molar-refractivity contribution in [2.24, 2.45) is 5.92 Å². The minimum Gasteiger partial charge on any atom is -0.497 e. The average Bonchev–Trinajstić information content (AvgIpc) is 2.81. The largest absolute Gasteiger partial charge is 0.497 e. The molecule has 0 saturated carbocycles. The van der Waals surface area contributed by atoms with Crippen LogP contribution >= 0.6 is 0 Å². The Morgan fingerprint density at radius 2 is 1.90 bits per heavy atom. The van der Waals surface area contributed by atoms with Gasteiger partial charge < -0.3 is 19.5 Å². The minimum absolute atomic E-state index is 0.0854. The van der Waals surface area contributed by atoms with E-state index < -0.39 is 0 Å². The van der Waals surface area contributed by atoms with Crippen LogP contribution in [0, 0.1) is 11.7 Å². The Kier molecular flexibility index (Phi) is 5.50. The normalized spacial score (nSPS) is 22.7. The summed E-state index contributed by atoms with van der Waals surface area (Å²) in [6, 6.07) is 14.7. The predicted octanol–water partition coefficient (Wildman–Crippen LogP) is 3.38. The highest BCUT2D eigenvalue weighted by molar-refractivity contribution is 5.81. The van der Waals surface area contributed by atoms with E-state index in [1.807, 2.05) is 24.3 Å². The summed E-state index contributed by atoms with van der Waals surface area (Å²) in [6.45, 7) is 4.14. The van der Waals surface area contributed by atoms with Crippen molar-refractivity contribution in [1.29, 1.82) is 0 Å². The standard InChI is InChI=1S/C25H28FN3O2/c1-31-21-7-6-18-12-20(14-27-23-16-28-10-8-17(23)9-11-28)25(30)29(24(18)13-21)15-19-4-2-3-5-22(19)26/h2-7,12-13,17,23,27H,8-11,14-16H2,1H3/t23-/m0/s1. The zero-order chi connectivity index (χ0) is 21.4. The van der Waals surface area contributed by atoms with Gasteiger partial charge in [-0.25, -0.2) is 4.39 Å². The van der Waals surface area contributed by atoms with E-state index in [9.17, 15) is 9.18 Å². The maximum atomic E-state index is 14.4. The van der Waals surface area contributed by atoms with Crippen LogP contribution in [0.4, 0.5) is 4.39 Å². The van der Waals surface area contributed by atoms with Gasteiger partial charge in [0.15, 0.2) is 0 Å². The van der Waals surface area contributed by atoms with Crippen LogP contribution in [0.3, 0.4) is 0 Å². The number of hydrogen-bond acceptors (Lipinski definition) is 4. The molecule has 0 spiro atoms. The maximum Gasteiger partial charge on any atom is 0.255 e. The molecule has 3 aliphatic rings. The SMILES string of the molecule is COc1ccc2cc(CN[C@H]3CN4CCC3CC4)c(=O)n(Cc3ccccc3F)c2c1. The quantitative estimate of drug-likeness (QED) is 0.663. The van der Waals surface area contributed by atoms with Crippen LogP contribution in [-0.4, -0.2) is 42.3 Å². The van der Waals surface area contributed by atoms with E-state index >= 15 is 0 Å². The van der Waals surface area contributed by atoms with Crippen LogP contribution in [0.25, 0.3) is 10.9 Å². The van der Waals surface area contributed by atoms with Gasteiger partial charge in [0.1, 0.15) is 11.6 Å². The van der Waals surface area contributed by atoms with Gasteiger partial charge >= 0.3 is 0 Å². The third-order valence-electron chi connectivity index (χ3n) is 6.88. The molecule has 2 aromatic carbocycles. The van der Waals surface area contributed by atoms with Gasteiger partial charge in [0.05, 0.1) is 19.2 Å². The lowest BCUT2D eigenvalue weighted by Crippen LogP contribution is -2.56. The van der Waals surface area contributed by atoms with Crippen LogP contribution in [0.1, 0.15) is 24.0 Å². The molecule has 31 heavy (non-hydrogen) atoms. The zero-order valence-corrected chi connectivity index (χ0v) is 17.8. The summed E-state index contributed by atoms with van der Waals surface area (Å²) in [7, 11) is 1.60. The van der Waals surface area contributed by atoms with Gasteiger partial charge in [0.25, 0.3) is 5.56 Å². The number of aromatic nitrogens is 1. The maximum absolute atomic E-state index is 14.4. The number of halogens is 1. The summed E-state index contributed by atoms with van der Waals surface area (Å²) in [5.74, 6) is 1.06. The predicted molar refractivity (Wildman–Crippen MR) is 120 cm³/mol. The lowest BCUT2D eigenvalue weighted by atomic mass is 9.84. The van der Waals surface area contributed by atoms with Gasteiger partial charge in [0.2, 0.25) is 0 Å². The third-order valence-corrected chi connectivity index (χ3v) is 6.88. The fourth-order valence-corrected chi connectivity index (χ4v) is 5.06. The number of rotatable bonds is 6. The molecule has 0 unspecified atom stereocenters. The zero-order valence-electron chi connectivity index (χ0n) is 17.8. The lowest BCUT2D eigenvalue weighted by molar-refractivity contribution is 0.0719. The molecule has 5 nitrogen and oxygen atoms in total. The molecule has 1 N–H and O–H groups in total. The summed E-state index contributed by atoms with van der Waals surface area (Å²) in [5, 5.41) is 4.59. The average molecular weight is 422 g/mol. The number of benzene rings is 2. The molecule has 162 valence electrons. The van der Waals surface area contributed by atoms with Gasteiger partial charge in [-0.15, -0.1) is 0 Å². The molecule has 3 aliphatic heterocycles. The highest BCUT2D eigenvalue weighted by Gasteiger charge is 2.33. The Balaban J connectivity index is 1.50.